The predicted molar refractivity (Wildman–Crippen MR) is 172 cm³/mol. The average Bonchev–Trinajstić information content (AvgIpc) is 3.02. The highest BCUT2D eigenvalue weighted by Crippen LogP contribution is 2.24. The van der Waals surface area contributed by atoms with Gasteiger partial charge in [-0.25, -0.2) is 4.79 Å². The zero-order valence-corrected chi connectivity index (χ0v) is 25.8. The van der Waals surface area contributed by atoms with Crippen molar-refractivity contribution >= 4 is 25.0 Å². The number of amides is 1. The van der Waals surface area contributed by atoms with E-state index in [0.29, 0.717) is 13.2 Å². The van der Waals surface area contributed by atoms with Crippen LogP contribution in [-0.4, -0.2) is 33.4 Å². The molecule has 0 heterocycles. The van der Waals surface area contributed by atoms with Gasteiger partial charge in [-0.05, 0) is 54.6 Å². The van der Waals surface area contributed by atoms with Gasteiger partial charge in [0.05, 0.1) is 5.60 Å². The Balaban J connectivity index is 1.33. The van der Waals surface area contributed by atoms with E-state index in [0.717, 1.165) is 48.0 Å². The molecular weight excluding hydrogens is 538 g/mol. The third-order valence-electron chi connectivity index (χ3n) is 7.06. The van der Waals surface area contributed by atoms with Crippen LogP contribution in [-0.2, 0) is 26.6 Å². The van der Waals surface area contributed by atoms with E-state index in [1.807, 2.05) is 48.5 Å². The first-order valence-corrected chi connectivity index (χ1v) is 16.7. The van der Waals surface area contributed by atoms with Gasteiger partial charge in [-0.2, -0.15) is 0 Å². The largest absolute Gasteiger partial charge is 0.445 e. The van der Waals surface area contributed by atoms with E-state index in [9.17, 15) is 4.79 Å². The molecule has 4 rings (SSSR count). The first-order chi connectivity index (χ1) is 20.5. The quantitative estimate of drug-likeness (QED) is 0.117. The second kappa shape index (κ2) is 16.1. The van der Waals surface area contributed by atoms with Gasteiger partial charge in [-0.15, -0.1) is 0 Å². The van der Waals surface area contributed by atoms with E-state index in [1.54, 1.807) is 0 Å². The van der Waals surface area contributed by atoms with Gasteiger partial charge in [0.1, 0.15) is 6.61 Å². The molecule has 0 spiro atoms. The van der Waals surface area contributed by atoms with Gasteiger partial charge in [0, 0.05) is 13.2 Å². The van der Waals surface area contributed by atoms with Crippen LogP contribution in [0.2, 0.25) is 0 Å². The Morgan fingerprint density at radius 2 is 1.17 bits per heavy atom. The molecule has 6 heteroatoms. The normalized spacial score (nSPS) is 11.7. The van der Waals surface area contributed by atoms with Crippen molar-refractivity contribution in [3.8, 4) is 0 Å². The zero-order chi connectivity index (χ0) is 29.5. The molecule has 0 aromatic heterocycles. The Morgan fingerprint density at radius 1 is 0.667 bits per heavy atom. The molecule has 1 amide bonds. The average molecular weight is 582 g/mol. The van der Waals surface area contributed by atoms with Gasteiger partial charge >= 0.3 is 14.7 Å². The SMILES string of the molecule is CC(C)(Cc1ccccc1)O[Si](OCCCCCCNC(=O)OCc1ccccc1)(c1ccccc1)c1ccccc1. The van der Waals surface area contributed by atoms with Crippen LogP contribution < -0.4 is 15.7 Å². The third-order valence-corrected chi connectivity index (χ3v) is 10.7. The molecule has 0 aliphatic heterocycles. The number of benzene rings is 4. The smallest absolute Gasteiger partial charge is 0.407 e. The molecule has 0 saturated carbocycles. The van der Waals surface area contributed by atoms with E-state index in [4.69, 9.17) is 13.6 Å². The number of hydrogen-bond acceptors (Lipinski definition) is 4. The topological polar surface area (TPSA) is 56.8 Å². The summed E-state index contributed by atoms with van der Waals surface area (Å²) < 4.78 is 19.4. The lowest BCUT2D eigenvalue weighted by atomic mass is 9.99. The molecule has 220 valence electrons. The fraction of sp³-hybridized carbons (Fsp3) is 0.306. The van der Waals surface area contributed by atoms with Crippen LogP contribution in [0.25, 0.3) is 0 Å². The van der Waals surface area contributed by atoms with Crippen LogP contribution in [0.5, 0.6) is 0 Å². The van der Waals surface area contributed by atoms with E-state index >= 15 is 0 Å². The lowest BCUT2D eigenvalue weighted by Crippen LogP contribution is -2.66. The molecule has 0 aliphatic rings. The summed E-state index contributed by atoms with van der Waals surface area (Å²) in [6.07, 6.45) is 4.21. The van der Waals surface area contributed by atoms with Crippen LogP contribution in [0, 0.1) is 0 Å². The molecule has 0 saturated heterocycles. The summed E-state index contributed by atoms with van der Waals surface area (Å²) in [5.74, 6) is 0. The molecule has 0 atom stereocenters. The molecule has 4 aromatic rings. The monoisotopic (exact) mass is 581 g/mol. The van der Waals surface area contributed by atoms with Gasteiger partial charge < -0.3 is 18.9 Å². The summed E-state index contributed by atoms with van der Waals surface area (Å²) in [4.78, 5) is 12.0. The van der Waals surface area contributed by atoms with Crippen molar-refractivity contribution in [2.75, 3.05) is 13.2 Å². The molecule has 0 fully saturated rings. The van der Waals surface area contributed by atoms with Crippen LogP contribution in [0.3, 0.4) is 0 Å². The van der Waals surface area contributed by atoms with Crippen molar-refractivity contribution in [2.24, 2.45) is 0 Å². The lowest BCUT2D eigenvalue weighted by Gasteiger charge is -2.39. The molecule has 42 heavy (non-hydrogen) atoms. The lowest BCUT2D eigenvalue weighted by molar-refractivity contribution is 0.0617. The number of carbonyl (C=O) groups excluding carboxylic acids is 1. The Hall–Kier alpha value is -3.71. The molecule has 0 aliphatic carbocycles. The predicted octanol–water partition coefficient (Wildman–Crippen LogP) is 6.78. The Bertz CT molecular complexity index is 1280. The summed E-state index contributed by atoms with van der Waals surface area (Å²) in [6.45, 7) is 5.80. The van der Waals surface area contributed by atoms with Gasteiger partial charge in [0.15, 0.2) is 0 Å². The van der Waals surface area contributed by atoms with Crippen LogP contribution in [0.15, 0.2) is 121 Å². The van der Waals surface area contributed by atoms with Crippen molar-refractivity contribution in [3.63, 3.8) is 0 Å². The standard InChI is InChI=1S/C36H43NO4Si/c1-36(2,29-31-19-9-5-10-20-31)41-42(33-23-13-7-14-24-33,34-25-15-8-16-26-34)40-28-18-4-3-17-27-37-35(38)39-30-32-21-11-6-12-22-32/h5-16,19-26H,3-4,17-18,27-30H2,1-2H3,(H,37,38). The first-order valence-electron chi connectivity index (χ1n) is 14.9. The molecule has 0 unspecified atom stereocenters. The number of unbranched alkanes of at least 4 members (excludes halogenated alkanes) is 3. The summed E-state index contributed by atoms with van der Waals surface area (Å²) in [5, 5.41) is 5.07. The van der Waals surface area contributed by atoms with Crippen molar-refractivity contribution in [1.82, 2.24) is 5.32 Å². The van der Waals surface area contributed by atoms with Gasteiger partial charge in [-0.3, -0.25) is 0 Å². The minimum absolute atomic E-state index is 0.280. The second-order valence-electron chi connectivity index (χ2n) is 11.1. The van der Waals surface area contributed by atoms with E-state index in [2.05, 4.69) is 92.0 Å². The number of ether oxygens (including phenoxy) is 1. The Labute approximate surface area is 252 Å². The second-order valence-corrected chi connectivity index (χ2v) is 14.0. The summed E-state index contributed by atoms with van der Waals surface area (Å²) >= 11 is 0. The molecule has 4 aromatic carbocycles. The van der Waals surface area contributed by atoms with Crippen molar-refractivity contribution < 1.29 is 18.4 Å². The maximum Gasteiger partial charge on any atom is 0.407 e. The summed E-state index contributed by atoms with van der Waals surface area (Å²) in [5.41, 5.74) is 1.77. The fourth-order valence-electron chi connectivity index (χ4n) is 5.07. The molecule has 0 bridgehead atoms. The Kier molecular flexibility index (Phi) is 11.9. The van der Waals surface area contributed by atoms with Crippen LogP contribution >= 0.6 is 0 Å². The number of rotatable bonds is 16. The molecule has 1 N–H and O–H groups in total. The number of hydrogen-bond donors (Lipinski definition) is 1. The Morgan fingerprint density at radius 3 is 1.74 bits per heavy atom. The minimum Gasteiger partial charge on any atom is -0.445 e. The maximum atomic E-state index is 12.0. The van der Waals surface area contributed by atoms with Crippen LogP contribution in [0.4, 0.5) is 4.79 Å². The molecule has 5 nitrogen and oxygen atoms in total. The highest BCUT2D eigenvalue weighted by molar-refractivity contribution is 6.92. The highest BCUT2D eigenvalue weighted by atomic mass is 28.4. The zero-order valence-electron chi connectivity index (χ0n) is 24.8. The third kappa shape index (κ3) is 9.69. The number of nitrogens with one attached hydrogen (secondary N) is 1. The molecular formula is C36H43NO4Si. The van der Waals surface area contributed by atoms with Crippen molar-refractivity contribution in [3.05, 3.63) is 132 Å². The number of alkyl carbamates (subject to hydrolysis) is 1. The van der Waals surface area contributed by atoms with Gasteiger partial charge in [-0.1, -0.05) is 134 Å². The summed E-state index contributed by atoms with van der Waals surface area (Å²) in [7, 11) is -3.04. The minimum atomic E-state index is -3.04. The number of carbonyl (C=O) groups is 1. The maximum absolute atomic E-state index is 12.0. The van der Waals surface area contributed by atoms with E-state index in [-0.39, 0.29) is 12.7 Å². The molecule has 0 radical (unpaired) electrons. The van der Waals surface area contributed by atoms with E-state index in [1.165, 1.54) is 5.56 Å². The van der Waals surface area contributed by atoms with E-state index < -0.39 is 14.2 Å². The van der Waals surface area contributed by atoms with Crippen molar-refractivity contribution in [2.45, 2.75) is 58.2 Å². The van der Waals surface area contributed by atoms with Gasteiger partial charge in [0.2, 0.25) is 0 Å². The first kappa shape index (κ1) is 31.2. The fourth-order valence-corrected chi connectivity index (χ4v) is 8.58. The van der Waals surface area contributed by atoms with Gasteiger partial charge in [0.25, 0.3) is 0 Å². The van der Waals surface area contributed by atoms with Crippen molar-refractivity contribution in [1.29, 1.82) is 0 Å². The van der Waals surface area contributed by atoms with Crippen LogP contribution in [0.1, 0.15) is 50.7 Å². The summed E-state index contributed by atoms with van der Waals surface area (Å²) in [6, 6.07) is 41.1. The highest BCUT2D eigenvalue weighted by Gasteiger charge is 2.46.